The Morgan fingerprint density at radius 1 is 1.35 bits per heavy atom. The van der Waals surface area contributed by atoms with Gasteiger partial charge in [-0.15, -0.1) is 0 Å². The molecule has 0 fully saturated rings. The average molecular weight is 310 g/mol. The molecule has 7 nitrogen and oxygen atoms in total. The molecule has 0 bridgehead atoms. The molecule has 0 saturated heterocycles. The van der Waals surface area contributed by atoms with Crippen molar-refractivity contribution in [1.29, 1.82) is 5.26 Å². The van der Waals surface area contributed by atoms with Crippen LogP contribution >= 0.6 is 0 Å². The van der Waals surface area contributed by atoms with Crippen LogP contribution in [0.15, 0.2) is 47.4 Å². The Kier molecular flexibility index (Phi) is 3.97. The van der Waals surface area contributed by atoms with E-state index < -0.39 is 5.97 Å². The van der Waals surface area contributed by atoms with E-state index in [1.165, 1.54) is 0 Å². The minimum Gasteiger partial charge on any atom is -0.460 e. The van der Waals surface area contributed by atoms with Crippen molar-refractivity contribution < 1.29 is 13.9 Å². The van der Waals surface area contributed by atoms with Gasteiger partial charge in [0.05, 0.1) is 6.54 Å². The van der Waals surface area contributed by atoms with Gasteiger partial charge >= 0.3 is 5.97 Å². The summed E-state index contributed by atoms with van der Waals surface area (Å²) in [6, 6.07) is 7.43. The lowest BCUT2D eigenvalue weighted by Crippen LogP contribution is -2.13. The topological polar surface area (TPSA) is 86.0 Å². The maximum Gasteiger partial charge on any atom is 0.343 e. The van der Waals surface area contributed by atoms with E-state index in [1.807, 2.05) is 6.07 Å². The van der Waals surface area contributed by atoms with Crippen LogP contribution in [0.5, 0.6) is 0 Å². The monoisotopic (exact) mass is 310 g/mol. The van der Waals surface area contributed by atoms with Gasteiger partial charge in [0.2, 0.25) is 5.88 Å². The number of aryl methyl sites for hydroxylation is 1. The third kappa shape index (κ3) is 2.87. The molecule has 0 aliphatic carbocycles. The molecule has 3 aromatic rings. The maximum absolute atomic E-state index is 12.3. The van der Waals surface area contributed by atoms with E-state index in [0.717, 1.165) is 0 Å². The summed E-state index contributed by atoms with van der Waals surface area (Å²) in [4.78, 5) is 12.3. The lowest BCUT2D eigenvalue weighted by Gasteiger charge is -2.04. The largest absolute Gasteiger partial charge is 0.460 e. The number of rotatable bonds is 5. The smallest absolute Gasteiger partial charge is 0.343 e. The number of hydrogen-bond donors (Lipinski definition) is 0. The predicted octanol–water partition coefficient (Wildman–Crippen LogP) is 2.30. The van der Waals surface area contributed by atoms with Gasteiger partial charge in [-0.1, -0.05) is 0 Å². The van der Waals surface area contributed by atoms with Crippen molar-refractivity contribution in [3.63, 3.8) is 0 Å². The molecule has 0 atom stereocenters. The molecule has 0 aliphatic heterocycles. The molecule has 7 heteroatoms. The maximum atomic E-state index is 12.3. The summed E-state index contributed by atoms with van der Waals surface area (Å²) in [5, 5.41) is 13.4. The van der Waals surface area contributed by atoms with Crippen LogP contribution in [-0.4, -0.2) is 26.9 Å². The Balaban J connectivity index is 1.79. The summed E-state index contributed by atoms with van der Waals surface area (Å²) in [5.74, 6) is 0.0942. The van der Waals surface area contributed by atoms with E-state index in [4.69, 9.17) is 9.15 Å². The summed E-state index contributed by atoms with van der Waals surface area (Å²) in [5.41, 5.74) is 0.333. The molecular formula is C16H14N4O3. The summed E-state index contributed by atoms with van der Waals surface area (Å²) >= 11 is 0. The summed E-state index contributed by atoms with van der Waals surface area (Å²) in [7, 11) is 0. The molecule has 3 heterocycles. The Morgan fingerprint density at radius 3 is 2.78 bits per heavy atom. The van der Waals surface area contributed by atoms with E-state index in [1.54, 1.807) is 59.2 Å². The minimum absolute atomic E-state index is 0.162. The average Bonchev–Trinajstić information content (AvgIpc) is 3.27. The fourth-order valence-corrected chi connectivity index (χ4v) is 2.27. The first-order valence-electron chi connectivity index (χ1n) is 7.02. The minimum atomic E-state index is -0.576. The first-order valence-corrected chi connectivity index (χ1v) is 7.02. The highest BCUT2D eigenvalue weighted by atomic mass is 16.5. The van der Waals surface area contributed by atoms with E-state index in [2.05, 4.69) is 5.10 Å². The van der Waals surface area contributed by atoms with E-state index in [9.17, 15) is 10.1 Å². The van der Waals surface area contributed by atoms with Gasteiger partial charge in [-0.25, -0.2) is 4.79 Å². The lowest BCUT2D eigenvalue weighted by atomic mass is 10.1. The van der Waals surface area contributed by atoms with E-state index >= 15 is 0 Å². The van der Waals surface area contributed by atoms with Gasteiger partial charge in [0.1, 0.15) is 29.6 Å². The zero-order valence-electron chi connectivity index (χ0n) is 12.5. The number of carbonyl (C=O) groups is 1. The highest BCUT2D eigenvalue weighted by molar-refractivity contribution is 5.94. The van der Waals surface area contributed by atoms with Gasteiger partial charge in [-0.05, 0) is 25.1 Å². The number of furan rings is 1. The summed E-state index contributed by atoms with van der Waals surface area (Å²) in [6.07, 6.45) is 6.92. The molecule has 0 unspecified atom stereocenters. The van der Waals surface area contributed by atoms with Gasteiger partial charge in [-0.2, -0.15) is 10.4 Å². The summed E-state index contributed by atoms with van der Waals surface area (Å²) in [6.45, 7) is 2.24. The molecule has 0 N–H and O–H groups in total. The van der Waals surface area contributed by atoms with Crippen molar-refractivity contribution in [2.75, 3.05) is 6.61 Å². The molecular weight excluding hydrogens is 296 g/mol. The number of aromatic nitrogens is 3. The second-order valence-corrected chi connectivity index (χ2v) is 4.82. The van der Waals surface area contributed by atoms with Crippen LogP contribution in [0, 0.1) is 18.3 Å². The predicted molar refractivity (Wildman–Crippen MR) is 80.0 cm³/mol. The molecule has 0 radical (unpaired) electrons. The highest BCUT2D eigenvalue weighted by Crippen LogP contribution is 2.26. The van der Waals surface area contributed by atoms with Crippen LogP contribution in [0.25, 0.3) is 5.88 Å². The van der Waals surface area contributed by atoms with Crippen LogP contribution in [0.1, 0.15) is 21.7 Å². The second-order valence-electron chi connectivity index (χ2n) is 4.82. The Bertz CT molecular complexity index is 839. The van der Waals surface area contributed by atoms with E-state index in [0.29, 0.717) is 18.2 Å². The van der Waals surface area contributed by atoms with Gasteiger partial charge in [0.15, 0.2) is 0 Å². The molecule has 0 spiro atoms. The molecule has 0 amide bonds. The molecule has 0 saturated carbocycles. The quantitative estimate of drug-likeness (QED) is 0.675. The Hall–Kier alpha value is -3.27. The first kappa shape index (κ1) is 14.7. The van der Waals surface area contributed by atoms with Gasteiger partial charge < -0.3 is 9.15 Å². The van der Waals surface area contributed by atoms with Crippen molar-refractivity contribution in [1.82, 2.24) is 14.3 Å². The fraction of sp³-hybridized carbons (Fsp3) is 0.188. The molecule has 3 rings (SSSR count). The molecule has 23 heavy (non-hydrogen) atoms. The van der Waals surface area contributed by atoms with Gasteiger partial charge in [0.25, 0.3) is 0 Å². The molecule has 0 aliphatic rings. The van der Waals surface area contributed by atoms with Crippen LogP contribution in [0.2, 0.25) is 0 Å². The zero-order valence-corrected chi connectivity index (χ0v) is 12.5. The highest BCUT2D eigenvalue weighted by Gasteiger charge is 2.25. The van der Waals surface area contributed by atoms with Crippen molar-refractivity contribution >= 4 is 5.97 Å². The number of carbonyl (C=O) groups excluding carboxylic acids is 1. The zero-order chi connectivity index (χ0) is 16.2. The second kappa shape index (κ2) is 6.23. The number of esters is 1. The first-order chi connectivity index (χ1) is 11.2. The Morgan fingerprint density at radius 2 is 2.13 bits per heavy atom. The van der Waals surface area contributed by atoms with Crippen LogP contribution < -0.4 is 0 Å². The SMILES string of the molecule is Cc1oc(-n2cccc2)c(C#N)c1C(=O)OCCn1cccn1. The molecule has 116 valence electrons. The van der Waals surface area contributed by atoms with Crippen molar-refractivity contribution in [2.24, 2.45) is 0 Å². The van der Waals surface area contributed by atoms with Crippen LogP contribution in [0.4, 0.5) is 0 Å². The van der Waals surface area contributed by atoms with Crippen LogP contribution in [0.3, 0.4) is 0 Å². The number of nitriles is 1. The molecule has 3 aromatic heterocycles. The van der Waals surface area contributed by atoms with Gasteiger partial charge in [0, 0.05) is 24.8 Å². The third-order valence-electron chi connectivity index (χ3n) is 3.33. The van der Waals surface area contributed by atoms with Crippen molar-refractivity contribution in [3.8, 4) is 12.0 Å². The normalized spacial score (nSPS) is 10.4. The van der Waals surface area contributed by atoms with Crippen molar-refractivity contribution in [3.05, 3.63) is 59.9 Å². The number of ether oxygens (including phenoxy) is 1. The number of hydrogen-bond acceptors (Lipinski definition) is 5. The number of nitrogens with zero attached hydrogens (tertiary/aromatic N) is 4. The lowest BCUT2D eigenvalue weighted by molar-refractivity contribution is 0.0485. The van der Waals surface area contributed by atoms with Crippen molar-refractivity contribution in [2.45, 2.75) is 13.5 Å². The fourth-order valence-electron chi connectivity index (χ4n) is 2.27. The van der Waals surface area contributed by atoms with Gasteiger partial charge in [-0.3, -0.25) is 9.25 Å². The standard InChI is InChI=1S/C16H14N4O3/c1-12-14(16(21)22-10-9-20-8-4-5-18-20)13(11-17)15(23-12)19-6-2-3-7-19/h2-8H,9-10H2,1H3. The summed E-state index contributed by atoms with van der Waals surface area (Å²) < 4.78 is 14.1. The van der Waals surface area contributed by atoms with E-state index in [-0.39, 0.29) is 17.7 Å². The Labute approximate surface area is 132 Å². The molecule has 0 aromatic carbocycles. The third-order valence-corrected chi connectivity index (χ3v) is 3.33. The van der Waals surface area contributed by atoms with Crippen LogP contribution in [-0.2, 0) is 11.3 Å².